The molecule has 30 heavy (non-hydrogen) atoms. The molecule has 5 heteroatoms. The van der Waals surface area contributed by atoms with Crippen LogP contribution in [0.25, 0.3) is 10.2 Å². The molecule has 1 aromatic heterocycles. The number of hydrogen-bond acceptors (Lipinski definition) is 4. The van der Waals surface area contributed by atoms with Gasteiger partial charge in [-0.25, -0.2) is 4.98 Å². The molecule has 0 spiro atoms. The summed E-state index contributed by atoms with van der Waals surface area (Å²) in [6, 6.07) is 26.2. The summed E-state index contributed by atoms with van der Waals surface area (Å²) in [6.45, 7) is 1.96. The number of fused-ring (bicyclic) bond motifs is 1. The average molecular weight is 414 g/mol. The number of likely N-dealkylation sites (tertiary alicyclic amines) is 1. The number of thiazole rings is 1. The van der Waals surface area contributed by atoms with E-state index in [0.717, 1.165) is 30.7 Å². The molecule has 2 heterocycles. The summed E-state index contributed by atoms with van der Waals surface area (Å²) < 4.78 is 1.26. The van der Waals surface area contributed by atoms with Crippen molar-refractivity contribution in [2.24, 2.45) is 0 Å². The fourth-order valence-corrected chi connectivity index (χ4v) is 5.19. The van der Waals surface area contributed by atoms with Gasteiger partial charge in [0.2, 0.25) is 0 Å². The number of anilines is 1. The Labute approximate surface area is 180 Å². The minimum Gasteiger partial charge on any atom is -0.322 e. The van der Waals surface area contributed by atoms with Crippen LogP contribution in [0.1, 0.15) is 39.8 Å². The van der Waals surface area contributed by atoms with Gasteiger partial charge in [0, 0.05) is 17.8 Å². The van der Waals surface area contributed by atoms with Crippen LogP contribution in [0.4, 0.5) is 5.69 Å². The number of benzene rings is 3. The normalized spacial score (nSPS) is 16.7. The maximum atomic E-state index is 12.5. The second kappa shape index (κ2) is 8.38. The first-order valence-corrected chi connectivity index (χ1v) is 11.1. The molecule has 4 aromatic rings. The zero-order valence-corrected chi connectivity index (χ0v) is 17.4. The topological polar surface area (TPSA) is 45.2 Å². The van der Waals surface area contributed by atoms with Gasteiger partial charge in [-0.05, 0) is 61.3 Å². The molecule has 1 saturated heterocycles. The number of aromatic nitrogens is 1. The minimum atomic E-state index is -0.0822. The summed E-state index contributed by atoms with van der Waals surface area (Å²) in [4.78, 5) is 19.9. The number of carbonyl (C=O) groups is 1. The summed E-state index contributed by atoms with van der Waals surface area (Å²) in [5.74, 6) is -0.0822. The Morgan fingerprint density at radius 1 is 1.00 bits per heavy atom. The highest BCUT2D eigenvalue weighted by Gasteiger charge is 2.28. The van der Waals surface area contributed by atoms with Crippen LogP contribution in [-0.2, 0) is 6.54 Å². The first-order valence-electron chi connectivity index (χ1n) is 10.3. The standard InChI is InChI=1S/C25H23N3OS/c29-24(26-20-7-2-1-3-8-20)19-14-12-18(13-15-19)17-28-16-6-10-22(28)25-27-21-9-4-5-11-23(21)30-25/h1-5,7-9,11-15,22H,6,10,16-17H2,(H,26,29)/t22-/m0/s1. The predicted octanol–water partition coefficient (Wildman–Crippen LogP) is 5.89. The van der Waals surface area contributed by atoms with Gasteiger partial charge < -0.3 is 5.32 Å². The van der Waals surface area contributed by atoms with Crippen molar-refractivity contribution in [3.8, 4) is 0 Å². The van der Waals surface area contributed by atoms with E-state index in [1.165, 1.54) is 21.7 Å². The van der Waals surface area contributed by atoms with Crippen molar-refractivity contribution in [3.05, 3.63) is 95.0 Å². The van der Waals surface area contributed by atoms with Crippen LogP contribution in [0.2, 0.25) is 0 Å². The average Bonchev–Trinajstić information content (AvgIpc) is 3.41. The number of para-hydroxylation sites is 2. The molecule has 1 amide bonds. The highest BCUT2D eigenvalue weighted by atomic mass is 32.1. The van der Waals surface area contributed by atoms with Gasteiger partial charge >= 0.3 is 0 Å². The zero-order chi connectivity index (χ0) is 20.3. The Kier molecular flexibility index (Phi) is 5.30. The van der Waals surface area contributed by atoms with Crippen LogP contribution in [-0.4, -0.2) is 22.3 Å². The largest absolute Gasteiger partial charge is 0.322 e. The molecular formula is C25H23N3OS. The maximum absolute atomic E-state index is 12.5. The minimum absolute atomic E-state index is 0.0822. The lowest BCUT2D eigenvalue weighted by atomic mass is 10.1. The lowest BCUT2D eigenvalue weighted by molar-refractivity contribution is 0.102. The molecule has 1 atom stereocenters. The number of nitrogens with one attached hydrogen (secondary N) is 1. The van der Waals surface area contributed by atoms with Crippen molar-refractivity contribution in [2.45, 2.75) is 25.4 Å². The van der Waals surface area contributed by atoms with E-state index in [9.17, 15) is 4.79 Å². The van der Waals surface area contributed by atoms with Gasteiger partial charge in [0.1, 0.15) is 5.01 Å². The third kappa shape index (κ3) is 3.99. The SMILES string of the molecule is O=C(Nc1ccccc1)c1ccc(CN2CCC[C@H]2c2nc3ccccc3s2)cc1. The van der Waals surface area contributed by atoms with E-state index >= 15 is 0 Å². The number of amides is 1. The fourth-order valence-electron chi connectivity index (χ4n) is 4.05. The van der Waals surface area contributed by atoms with Gasteiger partial charge in [0.25, 0.3) is 5.91 Å². The summed E-state index contributed by atoms with van der Waals surface area (Å²) >= 11 is 1.81. The molecule has 0 saturated carbocycles. The van der Waals surface area contributed by atoms with E-state index in [1.54, 1.807) is 0 Å². The van der Waals surface area contributed by atoms with Gasteiger partial charge in [-0.15, -0.1) is 11.3 Å². The van der Waals surface area contributed by atoms with Gasteiger partial charge in [0.15, 0.2) is 0 Å². The second-order valence-electron chi connectivity index (χ2n) is 7.67. The van der Waals surface area contributed by atoms with Crippen LogP contribution in [0.15, 0.2) is 78.9 Å². The molecule has 1 aliphatic heterocycles. The lowest BCUT2D eigenvalue weighted by Crippen LogP contribution is -2.22. The third-order valence-corrected chi connectivity index (χ3v) is 6.73. The van der Waals surface area contributed by atoms with Crippen LogP contribution in [0.3, 0.4) is 0 Å². The van der Waals surface area contributed by atoms with E-state index in [-0.39, 0.29) is 5.91 Å². The second-order valence-corrected chi connectivity index (χ2v) is 8.73. The molecule has 1 N–H and O–H groups in total. The number of rotatable bonds is 5. The Morgan fingerprint density at radius 3 is 2.57 bits per heavy atom. The first kappa shape index (κ1) is 19.0. The van der Waals surface area contributed by atoms with Crippen molar-refractivity contribution in [3.63, 3.8) is 0 Å². The van der Waals surface area contributed by atoms with Gasteiger partial charge in [0.05, 0.1) is 16.3 Å². The quantitative estimate of drug-likeness (QED) is 0.444. The zero-order valence-electron chi connectivity index (χ0n) is 16.6. The Bertz CT molecular complexity index is 1120. The molecule has 1 fully saturated rings. The molecule has 150 valence electrons. The number of carbonyl (C=O) groups excluding carboxylic acids is 1. The van der Waals surface area contributed by atoms with Crippen molar-refractivity contribution in [2.75, 3.05) is 11.9 Å². The van der Waals surface area contributed by atoms with E-state index in [2.05, 4.69) is 40.5 Å². The summed E-state index contributed by atoms with van der Waals surface area (Å²) in [5.41, 5.74) is 3.80. The van der Waals surface area contributed by atoms with Crippen molar-refractivity contribution >= 4 is 33.1 Å². The third-order valence-electron chi connectivity index (χ3n) is 5.59. The van der Waals surface area contributed by atoms with Crippen LogP contribution < -0.4 is 5.32 Å². The Morgan fingerprint density at radius 2 is 1.77 bits per heavy atom. The molecule has 4 nitrogen and oxygen atoms in total. The van der Waals surface area contributed by atoms with E-state index in [0.29, 0.717) is 11.6 Å². The molecule has 0 aliphatic carbocycles. The van der Waals surface area contributed by atoms with Gasteiger partial charge in [-0.2, -0.15) is 0 Å². The summed E-state index contributed by atoms with van der Waals surface area (Å²) in [6.07, 6.45) is 2.34. The molecule has 1 aliphatic rings. The van der Waals surface area contributed by atoms with Crippen molar-refractivity contribution in [1.29, 1.82) is 0 Å². The molecule has 5 rings (SSSR count). The lowest BCUT2D eigenvalue weighted by Gasteiger charge is -2.22. The van der Waals surface area contributed by atoms with Gasteiger partial charge in [-0.1, -0.05) is 42.5 Å². The summed E-state index contributed by atoms with van der Waals surface area (Å²) in [7, 11) is 0. The van der Waals surface area contributed by atoms with Crippen LogP contribution in [0.5, 0.6) is 0 Å². The fraction of sp³-hybridized carbons (Fsp3) is 0.200. The van der Waals surface area contributed by atoms with Crippen molar-refractivity contribution < 1.29 is 4.79 Å². The molecule has 0 bridgehead atoms. The maximum Gasteiger partial charge on any atom is 0.255 e. The van der Waals surface area contributed by atoms with Crippen LogP contribution in [0, 0.1) is 0 Å². The highest BCUT2D eigenvalue weighted by molar-refractivity contribution is 7.18. The smallest absolute Gasteiger partial charge is 0.255 e. The Balaban J connectivity index is 1.27. The number of hydrogen-bond donors (Lipinski definition) is 1. The highest BCUT2D eigenvalue weighted by Crippen LogP contribution is 2.37. The predicted molar refractivity (Wildman–Crippen MR) is 123 cm³/mol. The molecule has 0 unspecified atom stereocenters. The monoisotopic (exact) mass is 413 g/mol. The van der Waals surface area contributed by atoms with Crippen LogP contribution >= 0.6 is 11.3 Å². The Hall–Kier alpha value is -3.02. The van der Waals surface area contributed by atoms with E-state index in [4.69, 9.17) is 4.98 Å². The van der Waals surface area contributed by atoms with E-state index in [1.807, 2.05) is 59.9 Å². The summed E-state index contributed by atoms with van der Waals surface area (Å²) in [5, 5.41) is 4.15. The molecule has 0 radical (unpaired) electrons. The molecule has 3 aromatic carbocycles. The van der Waals surface area contributed by atoms with Gasteiger partial charge in [-0.3, -0.25) is 9.69 Å². The molecular weight excluding hydrogens is 390 g/mol. The van der Waals surface area contributed by atoms with E-state index < -0.39 is 0 Å². The van der Waals surface area contributed by atoms with Crippen molar-refractivity contribution in [1.82, 2.24) is 9.88 Å². The first-order chi connectivity index (χ1) is 14.8. The number of nitrogens with zero attached hydrogens (tertiary/aromatic N) is 2.